The first-order valence-corrected chi connectivity index (χ1v) is 8.22. The van der Waals surface area contributed by atoms with Crippen molar-refractivity contribution in [2.45, 2.75) is 6.42 Å². The van der Waals surface area contributed by atoms with Gasteiger partial charge < -0.3 is 19.5 Å². The fourth-order valence-corrected chi connectivity index (χ4v) is 2.46. The first-order chi connectivity index (χ1) is 12.6. The summed E-state index contributed by atoms with van der Waals surface area (Å²) in [5, 5.41) is 3.01. The molecule has 1 N–H and O–H groups in total. The van der Waals surface area contributed by atoms with Gasteiger partial charge >= 0.3 is 0 Å². The fourth-order valence-electron chi connectivity index (χ4n) is 2.46. The molecule has 0 radical (unpaired) electrons. The highest BCUT2D eigenvalue weighted by atomic mass is 16.5. The average molecular weight is 357 g/mol. The van der Waals surface area contributed by atoms with Gasteiger partial charge in [0.15, 0.2) is 23.1 Å². The molecule has 138 valence electrons. The standard InChI is InChI=1S/C20H23NO5/c1-24-16-6-4-5-14(11-16)17(22)9-10-21-13-18(23)15-7-8-19(25-2)20(12-15)26-3/h4-8,11-12,21H,9-10,13H2,1-3H3. The van der Waals surface area contributed by atoms with Crippen molar-refractivity contribution in [3.63, 3.8) is 0 Å². The van der Waals surface area contributed by atoms with Crippen LogP contribution in [0.4, 0.5) is 0 Å². The normalized spacial score (nSPS) is 10.3. The molecule has 0 aliphatic carbocycles. The second-order valence-corrected chi connectivity index (χ2v) is 5.57. The summed E-state index contributed by atoms with van der Waals surface area (Å²) in [7, 11) is 4.62. The van der Waals surface area contributed by atoms with Crippen molar-refractivity contribution in [3.05, 3.63) is 53.6 Å². The van der Waals surface area contributed by atoms with Crippen LogP contribution in [0.1, 0.15) is 27.1 Å². The van der Waals surface area contributed by atoms with E-state index >= 15 is 0 Å². The van der Waals surface area contributed by atoms with Gasteiger partial charge in [-0.15, -0.1) is 0 Å². The molecule has 26 heavy (non-hydrogen) atoms. The number of carbonyl (C=O) groups is 2. The van der Waals surface area contributed by atoms with Gasteiger partial charge in [-0.05, 0) is 30.3 Å². The number of carbonyl (C=O) groups excluding carboxylic acids is 2. The van der Waals surface area contributed by atoms with Gasteiger partial charge in [-0.25, -0.2) is 0 Å². The Morgan fingerprint density at radius 1 is 0.846 bits per heavy atom. The molecular weight excluding hydrogens is 334 g/mol. The topological polar surface area (TPSA) is 73.9 Å². The van der Waals surface area contributed by atoms with Crippen LogP contribution in [0.3, 0.4) is 0 Å². The van der Waals surface area contributed by atoms with E-state index in [2.05, 4.69) is 5.32 Å². The largest absolute Gasteiger partial charge is 0.497 e. The van der Waals surface area contributed by atoms with Crippen molar-refractivity contribution in [2.75, 3.05) is 34.4 Å². The zero-order chi connectivity index (χ0) is 18.9. The smallest absolute Gasteiger partial charge is 0.176 e. The van der Waals surface area contributed by atoms with Crippen molar-refractivity contribution in [3.8, 4) is 17.2 Å². The third-order valence-corrected chi connectivity index (χ3v) is 3.91. The van der Waals surface area contributed by atoms with Crippen LogP contribution in [0, 0.1) is 0 Å². The third kappa shape index (κ3) is 5.07. The van der Waals surface area contributed by atoms with Gasteiger partial charge in [0.25, 0.3) is 0 Å². The SMILES string of the molecule is COc1cccc(C(=O)CCNCC(=O)c2ccc(OC)c(OC)c2)c1. The molecule has 0 fully saturated rings. The molecule has 2 aromatic rings. The molecule has 0 unspecified atom stereocenters. The lowest BCUT2D eigenvalue weighted by molar-refractivity contribution is 0.0962. The molecule has 2 rings (SSSR count). The van der Waals surface area contributed by atoms with E-state index in [-0.39, 0.29) is 18.1 Å². The average Bonchev–Trinajstić information content (AvgIpc) is 2.70. The molecule has 0 bridgehead atoms. The summed E-state index contributed by atoms with van der Waals surface area (Å²) in [6.45, 7) is 0.552. The molecule has 2 aromatic carbocycles. The first kappa shape index (κ1) is 19.5. The van der Waals surface area contributed by atoms with Crippen LogP contribution < -0.4 is 19.5 Å². The number of ketones is 2. The van der Waals surface area contributed by atoms with Crippen LogP contribution in [0.25, 0.3) is 0 Å². The minimum Gasteiger partial charge on any atom is -0.497 e. The highest BCUT2D eigenvalue weighted by molar-refractivity contribution is 5.98. The molecule has 0 aromatic heterocycles. The maximum Gasteiger partial charge on any atom is 0.176 e. The van der Waals surface area contributed by atoms with Crippen LogP contribution in [0.5, 0.6) is 17.2 Å². The van der Waals surface area contributed by atoms with Crippen molar-refractivity contribution >= 4 is 11.6 Å². The summed E-state index contributed by atoms with van der Waals surface area (Å²) in [6.07, 6.45) is 0.298. The van der Waals surface area contributed by atoms with Gasteiger partial charge in [-0.2, -0.15) is 0 Å². The molecule has 0 atom stereocenters. The quantitative estimate of drug-likeness (QED) is 0.521. The first-order valence-electron chi connectivity index (χ1n) is 8.22. The van der Waals surface area contributed by atoms with Gasteiger partial charge in [-0.3, -0.25) is 9.59 Å². The van der Waals surface area contributed by atoms with Crippen molar-refractivity contribution in [1.82, 2.24) is 5.32 Å². The van der Waals surface area contributed by atoms with Gasteiger partial charge in [-0.1, -0.05) is 12.1 Å². The van der Waals surface area contributed by atoms with E-state index in [1.165, 1.54) is 7.11 Å². The number of Topliss-reactive ketones (excluding diaryl/α,β-unsaturated/α-hetero) is 2. The predicted molar refractivity (Wildman–Crippen MR) is 98.7 cm³/mol. The maximum atomic E-state index is 12.3. The van der Waals surface area contributed by atoms with E-state index in [0.717, 1.165) is 0 Å². The maximum absolute atomic E-state index is 12.3. The zero-order valence-electron chi connectivity index (χ0n) is 15.2. The van der Waals surface area contributed by atoms with Crippen molar-refractivity contribution in [1.29, 1.82) is 0 Å². The monoisotopic (exact) mass is 357 g/mol. The second-order valence-electron chi connectivity index (χ2n) is 5.57. The number of hydrogen-bond acceptors (Lipinski definition) is 6. The van der Waals surface area contributed by atoms with Crippen LogP contribution in [-0.2, 0) is 0 Å². The number of benzene rings is 2. The Labute approximate surface area is 153 Å². The van der Waals surface area contributed by atoms with Crippen LogP contribution in [0.15, 0.2) is 42.5 Å². The molecular formula is C20H23NO5. The summed E-state index contributed by atoms with van der Waals surface area (Å²) in [4.78, 5) is 24.4. The molecule has 0 amide bonds. The molecule has 0 saturated carbocycles. The zero-order valence-corrected chi connectivity index (χ0v) is 15.2. The molecule has 0 heterocycles. The number of rotatable bonds is 10. The highest BCUT2D eigenvalue weighted by Gasteiger charge is 2.11. The summed E-state index contributed by atoms with van der Waals surface area (Å²) in [5.74, 6) is 1.63. The second kappa shape index (κ2) is 9.58. The minimum absolute atomic E-state index is 0.00466. The van der Waals surface area contributed by atoms with E-state index in [1.807, 2.05) is 0 Å². The Hall–Kier alpha value is -2.86. The number of nitrogens with one attached hydrogen (secondary N) is 1. The summed E-state index contributed by atoms with van der Waals surface area (Å²) >= 11 is 0. The lowest BCUT2D eigenvalue weighted by Crippen LogP contribution is -2.25. The Balaban J connectivity index is 1.83. The lowest BCUT2D eigenvalue weighted by Gasteiger charge is -2.09. The number of hydrogen-bond donors (Lipinski definition) is 1. The molecule has 6 heteroatoms. The fraction of sp³-hybridized carbons (Fsp3) is 0.300. The molecule has 0 aliphatic rings. The Kier molecular flexibility index (Phi) is 7.17. The van der Waals surface area contributed by atoms with Crippen LogP contribution in [-0.4, -0.2) is 46.0 Å². The van der Waals surface area contributed by atoms with E-state index in [4.69, 9.17) is 14.2 Å². The minimum atomic E-state index is -0.0835. The Bertz CT molecular complexity index is 773. The van der Waals surface area contributed by atoms with Crippen LogP contribution >= 0.6 is 0 Å². The van der Waals surface area contributed by atoms with E-state index < -0.39 is 0 Å². The summed E-state index contributed by atoms with van der Waals surface area (Å²) in [5.41, 5.74) is 1.12. The van der Waals surface area contributed by atoms with Gasteiger partial charge in [0.1, 0.15) is 5.75 Å². The van der Waals surface area contributed by atoms with Crippen molar-refractivity contribution < 1.29 is 23.8 Å². The number of ether oxygens (including phenoxy) is 3. The summed E-state index contributed by atoms with van der Waals surface area (Å²) in [6, 6.07) is 12.0. The van der Waals surface area contributed by atoms with E-state index in [9.17, 15) is 9.59 Å². The Morgan fingerprint density at radius 2 is 1.58 bits per heavy atom. The molecule has 0 saturated heterocycles. The summed E-state index contributed by atoms with van der Waals surface area (Å²) < 4.78 is 15.5. The van der Waals surface area contributed by atoms with Gasteiger partial charge in [0, 0.05) is 24.1 Å². The lowest BCUT2D eigenvalue weighted by atomic mass is 10.1. The molecule has 0 spiro atoms. The third-order valence-electron chi connectivity index (χ3n) is 3.91. The Morgan fingerprint density at radius 3 is 2.27 bits per heavy atom. The van der Waals surface area contributed by atoms with E-state index in [0.29, 0.717) is 41.3 Å². The molecule has 0 aliphatic heterocycles. The number of methoxy groups -OCH3 is 3. The molecule has 6 nitrogen and oxygen atoms in total. The highest BCUT2D eigenvalue weighted by Crippen LogP contribution is 2.27. The van der Waals surface area contributed by atoms with Gasteiger partial charge in [0.2, 0.25) is 0 Å². The van der Waals surface area contributed by atoms with Crippen molar-refractivity contribution in [2.24, 2.45) is 0 Å². The predicted octanol–water partition coefficient (Wildman–Crippen LogP) is 2.76. The van der Waals surface area contributed by atoms with Gasteiger partial charge in [0.05, 0.1) is 27.9 Å². The van der Waals surface area contributed by atoms with E-state index in [1.54, 1.807) is 56.7 Å². The van der Waals surface area contributed by atoms with Crippen LogP contribution in [0.2, 0.25) is 0 Å².